The lowest BCUT2D eigenvalue weighted by molar-refractivity contribution is -0.201. The molecule has 1 aromatic carbocycles. The smallest absolute Gasteiger partial charge is 0.392 e. The van der Waals surface area contributed by atoms with Crippen LogP contribution in [0.2, 0.25) is 0 Å². The molecule has 1 aliphatic heterocycles. The van der Waals surface area contributed by atoms with Crippen LogP contribution in [0.25, 0.3) is 0 Å². The van der Waals surface area contributed by atoms with Crippen molar-refractivity contribution in [3.63, 3.8) is 0 Å². The number of carboxylic acid groups (broad SMARTS) is 1. The maximum atomic E-state index is 13.3. The molecule has 1 N–H and O–H groups in total. The number of carbonyl (C=O) groups is 2. The summed E-state index contributed by atoms with van der Waals surface area (Å²) < 4.78 is 40.0. The number of likely N-dealkylation sites (tertiary alicyclic amines) is 1. The lowest BCUT2D eigenvalue weighted by Crippen LogP contribution is -2.52. The first-order valence-electron chi connectivity index (χ1n) is 9.40. The van der Waals surface area contributed by atoms with Crippen molar-refractivity contribution in [2.24, 2.45) is 11.8 Å². The van der Waals surface area contributed by atoms with Crippen LogP contribution in [-0.2, 0) is 15.0 Å². The molecule has 1 saturated heterocycles. The predicted molar refractivity (Wildman–Crippen MR) is 93.1 cm³/mol. The molecule has 2 fully saturated rings. The van der Waals surface area contributed by atoms with Gasteiger partial charge >= 0.3 is 12.1 Å². The first-order chi connectivity index (χ1) is 12.8. The predicted octanol–water partition coefficient (Wildman–Crippen LogP) is 4.00. The van der Waals surface area contributed by atoms with Gasteiger partial charge in [0, 0.05) is 19.0 Å². The zero-order valence-electron chi connectivity index (χ0n) is 15.0. The van der Waals surface area contributed by atoms with Crippen LogP contribution < -0.4 is 0 Å². The molecular formula is C20H24F3NO3. The Morgan fingerprint density at radius 2 is 1.63 bits per heavy atom. The van der Waals surface area contributed by atoms with Crippen molar-refractivity contribution in [3.05, 3.63) is 35.9 Å². The fraction of sp³-hybridized carbons (Fsp3) is 0.600. The largest absolute Gasteiger partial charge is 0.481 e. The van der Waals surface area contributed by atoms with Crippen LogP contribution in [0.4, 0.5) is 13.2 Å². The van der Waals surface area contributed by atoms with Gasteiger partial charge in [0.25, 0.3) is 0 Å². The lowest BCUT2D eigenvalue weighted by Gasteiger charge is -2.42. The second-order valence-electron chi connectivity index (χ2n) is 7.62. The molecule has 3 rings (SSSR count). The van der Waals surface area contributed by atoms with Gasteiger partial charge in [-0.05, 0) is 31.2 Å². The third-order valence-corrected chi connectivity index (χ3v) is 6.17. The van der Waals surface area contributed by atoms with E-state index in [9.17, 15) is 27.9 Å². The number of halogens is 3. The maximum Gasteiger partial charge on any atom is 0.392 e. The number of benzene rings is 1. The van der Waals surface area contributed by atoms with Gasteiger partial charge in [-0.15, -0.1) is 0 Å². The van der Waals surface area contributed by atoms with Crippen molar-refractivity contribution >= 4 is 11.9 Å². The van der Waals surface area contributed by atoms with Crippen molar-refractivity contribution in [2.45, 2.75) is 50.1 Å². The minimum Gasteiger partial charge on any atom is -0.481 e. The first kappa shape index (κ1) is 19.7. The SMILES string of the molecule is O=C(C1CCCCC1C(F)(F)F)N1CCC(C(=O)O)(c2ccccc2)CC1. The Morgan fingerprint density at radius 1 is 1.04 bits per heavy atom. The van der Waals surface area contributed by atoms with Crippen LogP contribution in [0.5, 0.6) is 0 Å². The fourth-order valence-electron chi connectivity index (χ4n) is 4.54. The van der Waals surface area contributed by atoms with Crippen LogP contribution in [0, 0.1) is 11.8 Å². The summed E-state index contributed by atoms with van der Waals surface area (Å²) in [5.41, 5.74) is -0.413. The second-order valence-corrected chi connectivity index (χ2v) is 7.62. The van der Waals surface area contributed by atoms with E-state index >= 15 is 0 Å². The van der Waals surface area contributed by atoms with Gasteiger partial charge in [0.15, 0.2) is 0 Å². The Morgan fingerprint density at radius 3 is 2.19 bits per heavy atom. The molecule has 4 nitrogen and oxygen atoms in total. The Labute approximate surface area is 156 Å². The Hall–Kier alpha value is -2.05. The minimum absolute atomic E-state index is 0.00315. The van der Waals surface area contributed by atoms with E-state index in [-0.39, 0.29) is 38.8 Å². The van der Waals surface area contributed by atoms with Gasteiger partial charge < -0.3 is 10.0 Å². The molecule has 7 heteroatoms. The highest BCUT2D eigenvalue weighted by Crippen LogP contribution is 2.43. The number of hydrogen-bond donors (Lipinski definition) is 1. The molecule has 27 heavy (non-hydrogen) atoms. The molecule has 2 atom stereocenters. The van der Waals surface area contributed by atoms with E-state index in [1.54, 1.807) is 30.3 Å². The average Bonchev–Trinajstić information content (AvgIpc) is 2.67. The number of carbonyl (C=O) groups excluding carboxylic acids is 1. The van der Waals surface area contributed by atoms with Crippen LogP contribution in [0.3, 0.4) is 0 Å². The highest BCUT2D eigenvalue weighted by Gasteiger charge is 2.50. The van der Waals surface area contributed by atoms with Crippen molar-refractivity contribution in [1.82, 2.24) is 4.90 Å². The first-order valence-corrected chi connectivity index (χ1v) is 9.40. The van der Waals surface area contributed by atoms with E-state index in [2.05, 4.69) is 0 Å². The summed E-state index contributed by atoms with van der Waals surface area (Å²) >= 11 is 0. The molecule has 1 heterocycles. The van der Waals surface area contributed by atoms with Crippen molar-refractivity contribution in [2.75, 3.05) is 13.1 Å². The number of nitrogens with zero attached hydrogens (tertiary/aromatic N) is 1. The molecule has 0 bridgehead atoms. The molecule has 1 amide bonds. The zero-order valence-corrected chi connectivity index (χ0v) is 15.0. The number of alkyl halides is 3. The van der Waals surface area contributed by atoms with Gasteiger partial charge in [-0.3, -0.25) is 9.59 Å². The van der Waals surface area contributed by atoms with Crippen molar-refractivity contribution < 1.29 is 27.9 Å². The number of amides is 1. The standard InChI is InChI=1S/C20H24F3NO3/c21-20(22,23)16-9-5-4-8-15(16)17(25)24-12-10-19(11-13-24,18(26)27)14-6-2-1-3-7-14/h1-3,6-7,15-16H,4-5,8-13H2,(H,26,27). The van der Waals surface area contributed by atoms with Crippen molar-refractivity contribution in [3.8, 4) is 0 Å². The lowest BCUT2D eigenvalue weighted by atomic mass is 9.72. The number of carboxylic acids is 1. The number of aliphatic carboxylic acids is 1. The van der Waals surface area contributed by atoms with Crippen molar-refractivity contribution in [1.29, 1.82) is 0 Å². The van der Waals surface area contributed by atoms with E-state index in [1.807, 2.05) is 0 Å². The summed E-state index contributed by atoms with van der Waals surface area (Å²) in [6.45, 7) is 0.336. The molecule has 1 aromatic rings. The Balaban J connectivity index is 1.74. The van der Waals surface area contributed by atoms with E-state index in [0.29, 0.717) is 18.4 Å². The maximum absolute atomic E-state index is 13.3. The molecule has 0 spiro atoms. The normalized spacial score (nSPS) is 25.8. The molecule has 0 radical (unpaired) electrons. The van der Waals surface area contributed by atoms with Gasteiger partial charge in [-0.1, -0.05) is 43.2 Å². The second kappa shape index (κ2) is 7.52. The summed E-state index contributed by atoms with van der Waals surface area (Å²) in [6.07, 6.45) is -2.59. The topological polar surface area (TPSA) is 57.6 Å². The van der Waals surface area contributed by atoms with Crippen LogP contribution in [0.1, 0.15) is 44.1 Å². The summed E-state index contributed by atoms with van der Waals surface area (Å²) in [5.74, 6) is -4.04. The van der Waals surface area contributed by atoms with E-state index < -0.39 is 35.3 Å². The van der Waals surface area contributed by atoms with Gasteiger partial charge in [0.2, 0.25) is 5.91 Å². The molecule has 1 aliphatic carbocycles. The summed E-state index contributed by atoms with van der Waals surface area (Å²) in [7, 11) is 0. The summed E-state index contributed by atoms with van der Waals surface area (Å²) in [6, 6.07) is 8.86. The quantitative estimate of drug-likeness (QED) is 0.858. The van der Waals surface area contributed by atoms with Gasteiger partial charge in [-0.2, -0.15) is 13.2 Å². The van der Waals surface area contributed by atoms with Crippen LogP contribution >= 0.6 is 0 Å². The van der Waals surface area contributed by atoms with Crippen LogP contribution in [-0.4, -0.2) is 41.1 Å². The monoisotopic (exact) mass is 383 g/mol. The Kier molecular flexibility index (Phi) is 5.49. The minimum atomic E-state index is -4.37. The zero-order chi connectivity index (χ0) is 19.7. The third kappa shape index (κ3) is 3.82. The van der Waals surface area contributed by atoms with Gasteiger partial charge in [0.1, 0.15) is 0 Å². The average molecular weight is 383 g/mol. The molecule has 148 valence electrons. The van der Waals surface area contributed by atoms with Gasteiger partial charge in [-0.25, -0.2) is 0 Å². The Bertz CT molecular complexity index is 681. The highest BCUT2D eigenvalue weighted by atomic mass is 19.4. The third-order valence-electron chi connectivity index (χ3n) is 6.17. The fourth-order valence-corrected chi connectivity index (χ4v) is 4.54. The number of piperidine rings is 1. The summed E-state index contributed by atoms with van der Waals surface area (Å²) in [4.78, 5) is 26.2. The highest BCUT2D eigenvalue weighted by molar-refractivity contribution is 5.83. The van der Waals surface area contributed by atoms with Crippen LogP contribution in [0.15, 0.2) is 30.3 Å². The van der Waals surface area contributed by atoms with E-state index in [1.165, 1.54) is 4.90 Å². The van der Waals surface area contributed by atoms with E-state index in [0.717, 1.165) is 0 Å². The number of hydrogen-bond acceptors (Lipinski definition) is 2. The van der Waals surface area contributed by atoms with E-state index in [4.69, 9.17) is 0 Å². The molecule has 2 unspecified atom stereocenters. The molecule has 2 aliphatic rings. The molecule has 0 aromatic heterocycles. The number of rotatable bonds is 3. The molecular weight excluding hydrogens is 359 g/mol. The summed E-state index contributed by atoms with van der Waals surface area (Å²) in [5, 5.41) is 9.81. The van der Waals surface area contributed by atoms with Gasteiger partial charge in [0.05, 0.1) is 11.3 Å². The molecule has 1 saturated carbocycles.